The number of nitrogens with one attached hydrogen (secondary N) is 2. The van der Waals surface area contributed by atoms with Gasteiger partial charge in [-0.15, -0.1) is 13.1 Å². The third-order valence-corrected chi connectivity index (χ3v) is 1.84. The molecule has 0 aliphatic carbocycles. The topological polar surface area (TPSA) is 52.3 Å². The maximum absolute atomic E-state index is 5.01. The van der Waals surface area contributed by atoms with Crippen molar-refractivity contribution in [1.29, 1.82) is 0 Å². The summed E-state index contributed by atoms with van der Waals surface area (Å²) in [7, 11) is 20.0. The molecule has 2 saturated heterocycles. The maximum atomic E-state index is 5.01. The van der Waals surface area contributed by atoms with Crippen LogP contribution in [0.5, 0.6) is 0 Å². The Balaban J connectivity index is 0.000000228. The predicted molar refractivity (Wildman–Crippen MR) is 74.3 cm³/mol. The number of hydrogen-bond acceptors (Lipinski definition) is 2. The molecule has 2 N–H and O–H groups in total. The van der Waals surface area contributed by atoms with Gasteiger partial charge in [-0.05, 0) is 25.9 Å². The molecule has 2 rings (SSSR count). The molecule has 0 amide bonds. The van der Waals surface area contributed by atoms with E-state index in [2.05, 4.69) is 21.7 Å². The minimum atomic E-state index is -3.06. The Bertz CT molecular complexity index is 121. The van der Waals surface area contributed by atoms with E-state index in [0.29, 0.717) is 0 Å². The summed E-state index contributed by atoms with van der Waals surface area (Å²) in [5.41, 5.74) is 13.7. The van der Waals surface area contributed by atoms with Crippen molar-refractivity contribution >= 4 is 37.7 Å². The Hall–Kier alpha value is 1.69. The zero-order chi connectivity index (χ0) is 13.0. The van der Waals surface area contributed by atoms with E-state index in [1.807, 2.05) is 0 Å². The summed E-state index contributed by atoms with van der Waals surface area (Å²) in [6, 6.07) is 0. The summed E-state index contributed by atoms with van der Waals surface area (Å²) in [6.07, 6.45) is 5.13. The van der Waals surface area contributed by atoms with Crippen LogP contribution < -0.4 is 10.9 Å². The van der Waals surface area contributed by atoms with Crippen molar-refractivity contribution in [3.05, 3.63) is 10.9 Å². The standard InChI is InChI=1S/2C4H9N2.4ClH.Pt/c2*1-2-4-6-5-3-1;;;;;/h2*5H,1-4H2;4*1H;/q2*-1;;;;;+6/p-4. The number of nitrogens with zero attached hydrogens (tertiary/aromatic N) is 2. The fourth-order valence-corrected chi connectivity index (χ4v) is 1.11. The number of hydrogen-bond donors (Lipinski definition) is 2. The third-order valence-electron chi connectivity index (χ3n) is 1.84. The molecule has 0 saturated carbocycles. The van der Waals surface area contributed by atoms with Gasteiger partial charge in [-0.25, -0.2) is 0 Å². The van der Waals surface area contributed by atoms with E-state index in [1.54, 1.807) is 0 Å². The molecule has 2 fully saturated rings. The normalized spacial score (nSPS) is 21.4. The molecular weight excluding hydrogens is 489 g/mol. The first-order valence-corrected chi connectivity index (χ1v) is 16.5. The summed E-state index contributed by atoms with van der Waals surface area (Å²) >= 11 is -3.06. The number of halogens is 4. The van der Waals surface area contributed by atoms with Crippen LogP contribution in [0, 0.1) is 0 Å². The molecule has 4 nitrogen and oxygen atoms in total. The first-order valence-electron chi connectivity index (χ1n) is 5.26. The van der Waals surface area contributed by atoms with Gasteiger partial charge in [-0.1, -0.05) is 12.8 Å². The zero-order valence-corrected chi connectivity index (χ0v) is 14.7. The van der Waals surface area contributed by atoms with Crippen LogP contribution in [-0.4, -0.2) is 26.2 Å². The molecule has 0 radical (unpaired) electrons. The molecule has 0 bridgehead atoms. The summed E-state index contributed by atoms with van der Waals surface area (Å²) < 4.78 is 0. The van der Waals surface area contributed by atoms with Crippen LogP contribution in [0.1, 0.15) is 25.7 Å². The molecule has 0 spiro atoms. The Morgan fingerprint density at radius 1 is 0.706 bits per heavy atom. The molecule has 9 heteroatoms. The molecule has 0 aromatic rings. The summed E-state index contributed by atoms with van der Waals surface area (Å²) in [6.45, 7) is 4.19. The van der Waals surface area contributed by atoms with Gasteiger partial charge in [0.2, 0.25) is 0 Å². The SMILES string of the molecule is C1CCN[N-]C1.C1CCN[N-]C1.[Cl][Pt+2]([Cl])([Cl])[Cl]. The van der Waals surface area contributed by atoms with Crippen LogP contribution in [0.3, 0.4) is 0 Å². The fraction of sp³-hybridized carbons (Fsp3) is 1.00. The predicted octanol–water partition coefficient (Wildman–Crippen LogP) is 4.07. The first kappa shape index (κ1) is 18.7. The van der Waals surface area contributed by atoms with Crippen molar-refractivity contribution in [2.45, 2.75) is 25.7 Å². The summed E-state index contributed by atoms with van der Waals surface area (Å²) in [4.78, 5) is 0. The van der Waals surface area contributed by atoms with Gasteiger partial charge < -0.3 is 21.7 Å². The van der Waals surface area contributed by atoms with E-state index in [-0.39, 0.29) is 0 Å². The zero-order valence-electron chi connectivity index (χ0n) is 9.38. The van der Waals surface area contributed by atoms with Crippen LogP contribution in [-0.2, 0) is 11.9 Å². The van der Waals surface area contributed by atoms with Gasteiger partial charge in [0.05, 0.1) is 0 Å². The molecule has 0 atom stereocenters. The van der Waals surface area contributed by atoms with Crippen molar-refractivity contribution in [2.75, 3.05) is 26.2 Å². The van der Waals surface area contributed by atoms with Gasteiger partial charge in [-0.2, -0.15) is 0 Å². The molecular formula is C8H18Cl4N4Pt. The molecule has 17 heavy (non-hydrogen) atoms. The molecule has 2 heterocycles. The average Bonchev–Trinajstić information content (AvgIpc) is 2.32. The van der Waals surface area contributed by atoms with Crippen molar-refractivity contribution in [3.63, 3.8) is 0 Å². The second kappa shape index (κ2) is 12.7. The van der Waals surface area contributed by atoms with Crippen LogP contribution in [0.15, 0.2) is 0 Å². The second-order valence-corrected chi connectivity index (χ2v) is 23.0. The molecule has 108 valence electrons. The summed E-state index contributed by atoms with van der Waals surface area (Å²) in [5.74, 6) is 0. The fourth-order valence-electron chi connectivity index (χ4n) is 1.11. The Kier molecular flexibility index (Phi) is 14.0. The van der Waals surface area contributed by atoms with Crippen LogP contribution in [0.25, 0.3) is 10.9 Å². The quantitative estimate of drug-likeness (QED) is 0.520. The van der Waals surface area contributed by atoms with Crippen LogP contribution in [0.2, 0.25) is 0 Å². The molecule has 2 aliphatic heterocycles. The molecule has 0 unspecified atom stereocenters. The second-order valence-electron chi connectivity index (χ2n) is 3.26. The van der Waals surface area contributed by atoms with Gasteiger partial charge >= 0.3 is 49.6 Å². The first-order chi connectivity index (χ1) is 8.00. The van der Waals surface area contributed by atoms with Crippen LogP contribution >= 0.6 is 37.7 Å². The Morgan fingerprint density at radius 2 is 1.06 bits per heavy atom. The van der Waals surface area contributed by atoms with Gasteiger partial charge in [0.15, 0.2) is 0 Å². The van der Waals surface area contributed by atoms with Crippen molar-refractivity contribution in [1.82, 2.24) is 10.9 Å². The molecule has 2 aliphatic rings. The monoisotopic (exact) mass is 505 g/mol. The average molecular weight is 507 g/mol. The van der Waals surface area contributed by atoms with Crippen molar-refractivity contribution in [3.8, 4) is 0 Å². The molecule has 0 aromatic carbocycles. The van der Waals surface area contributed by atoms with Gasteiger partial charge in [0, 0.05) is 0 Å². The van der Waals surface area contributed by atoms with Gasteiger partial charge in [0.25, 0.3) is 0 Å². The van der Waals surface area contributed by atoms with Gasteiger partial charge in [0.1, 0.15) is 0 Å². The van der Waals surface area contributed by atoms with E-state index < -0.39 is 11.9 Å². The van der Waals surface area contributed by atoms with Crippen molar-refractivity contribution < 1.29 is 11.9 Å². The Morgan fingerprint density at radius 3 is 1.12 bits per heavy atom. The minimum absolute atomic E-state index is 1.01. The Labute approximate surface area is 122 Å². The van der Waals surface area contributed by atoms with E-state index >= 15 is 0 Å². The molecule has 0 aromatic heterocycles. The van der Waals surface area contributed by atoms with Crippen LogP contribution in [0.4, 0.5) is 0 Å². The third kappa shape index (κ3) is 23.2. The number of rotatable bonds is 0. The van der Waals surface area contributed by atoms with Crippen molar-refractivity contribution in [2.24, 2.45) is 0 Å². The van der Waals surface area contributed by atoms with Gasteiger partial charge in [-0.3, -0.25) is 0 Å². The van der Waals surface area contributed by atoms with E-state index in [9.17, 15) is 0 Å². The van der Waals surface area contributed by atoms with E-state index in [0.717, 1.165) is 26.2 Å². The van der Waals surface area contributed by atoms with E-state index in [1.165, 1.54) is 25.7 Å². The van der Waals surface area contributed by atoms with E-state index in [4.69, 9.17) is 37.7 Å². The summed E-state index contributed by atoms with van der Waals surface area (Å²) in [5, 5.41) is 0.